The van der Waals surface area contributed by atoms with Crippen LogP contribution in [-0.2, 0) is 17.3 Å². The fourth-order valence-corrected chi connectivity index (χ4v) is 2.02. The van der Waals surface area contributed by atoms with E-state index in [0.717, 1.165) is 6.07 Å². The Hall–Kier alpha value is -1.56. The molecule has 0 spiro atoms. The second kappa shape index (κ2) is 5.61. The Morgan fingerprint density at radius 2 is 2.05 bits per heavy atom. The molecule has 0 aliphatic carbocycles. The third-order valence-corrected chi connectivity index (χ3v) is 2.93. The molecule has 1 aliphatic heterocycles. The quantitative estimate of drug-likeness (QED) is 0.914. The number of hydrogen-bond donors (Lipinski definition) is 1. The number of nitrogens with zero attached hydrogens (tertiary/aromatic N) is 1. The lowest BCUT2D eigenvalue weighted by atomic mass is 10.0. The van der Waals surface area contributed by atoms with Crippen LogP contribution in [0, 0.1) is 0 Å². The highest BCUT2D eigenvalue weighted by atomic mass is 19.4. The Bertz CT molecular complexity index is 471. The average Bonchev–Trinajstić information content (AvgIpc) is 2.76. The molecule has 0 saturated heterocycles. The van der Waals surface area contributed by atoms with Gasteiger partial charge in [-0.3, -0.25) is 0 Å². The third-order valence-electron chi connectivity index (χ3n) is 2.93. The van der Waals surface area contributed by atoms with E-state index in [1.807, 2.05) is 0 Å². The van der Waals surface area contributed by atoms with Gasteiger partial charge in [0.15, 0.2) is 5.90 Å². The van der Waals surface area contributed by atoms with E-state index < -0.39 is 11.7 Å². The lowest BCUT2D eigenvalue weighted by Gasteiger charge is -2.12. The molecule has 1 aromatic rings. The van der Waals surface area contributed by atoms with Crippen molar-refractivity contribution in [3.8, 4) is 0 Å². The summed E-state index contributed by atoms with van der Waals surface area (Å²) in [6.45, 7) is 0.894. The van der Waals surface area contributed by atoms with E-state index in [0.29, 0.717) is 25.5 Å². The standard InChI is InChI=1S/C13H15F3N2O/c14-13(15,16)11-4-2-1-3-9(11)7-12-18-10(5-6-17)8-19-12/h1-4,10H,5-8,17H2. The van der Waals surface area contributed by atoms with E-state index in [1.165, 1.54) is 12.1 Å². The van der Waals surface area contributed by atoms with E-state index in [2.05, 4.69) is 4.99 Å². The Balaban J connectivity index is 2.14. The zero-order valence-corrected chi connectivity index (χ0v) is 10.3. The van der Waals surface area contributed by atoms with Crippen molar-refractivity contribution in [2.24, 2.45) is 10.7 Å². The van der Waals surface area contributed by atoms with Gasteiger partial charge in [-0.1, -0.05) is 18.2 Å². The van der Waals surface area contributed by atoms with Crippen molar-refractivity contribution in [3.05, 3.63) is 35.4 Å². The Labute approximate surface area is 109 Å². The van der Waals surface area contributed by atoms with E-state index >= 15 is 0 Å². The molecule has 104 valence electrons. The second-order valence-corrected chi connectivity index (χ2v) is 4.40. The minimum atomic E-state index is -4.35. The molecule has 2 rings (SSSR count). The lowest BCUT2D eigenvalue weighted by Crippen LogP contribution is -2.13. The molecule has 0 bridgehead atoms. The Morgan fingerprint density at radius 1 is 1.32 bits per heavy atom. The van der Waals surface area contributed by atoms with Crippen LogP contribution in [-0.4, -0.2) is 25.1 Å². The Morgan fingerprint density at radius 3 is 2.74 bits per heavy atom. The van der Waals surface area contributed by atoms with Gasteiger partial charge in [0.2, 0.25) is 0 Å². The van der Waals surface area contributed by atoms with Crippen molar-refractivity contribution < 1.29 is 17.9 Å². The maximum Gasteiger partial charge on any atom is 0.416 e. The first-order valence-electron chi connectivity index (χ1n) is 6.05. The molecule has 2 N–H and O–H groups in total. The highest BCUT2D eigenvalue weighted by molar-refractivity contribution is 5.80. The number of rotatable bonds is 4. The van der Waals surface area contributed by atoms with Crippen LogP contribution < -0.4 is 5.73 Å². The molecule has 0 aromatic heterocycles. The van der Waals surface area contributed by atoms with Crippen molar-refractivity contribution in [2.75, 3.05) is 13.2 Å². The summed E-state index contributed by atoms with van der Waals surface area (Å²) in [5.74, 6) is 0.357. The number of alkyl halides is 3. The summed E-state index contributed by atoms with van der Waals surface area (Å²) in [7, 11) is 0. The Kier molecular flexibility index (Phi) is 4.09. The predicted octanol–water partition coefficient (Wildman–Crippen LogP) is 2.39. The molecule has 0 fully saturated rings. The van der Waals surface area contributed by atoms with Gasteiger partial charge >= 0.3 is 6.18 Å². The number of ether oxygens (including phenoxy) is 1. The summed E-state index contributed by atoms with van der Waals surface area (Å²) in [4.78, 5) is 4.24. The SMILES string of the molecule is NCCC1COC(Cc2ccccc2C(F)(F)F)=N1. The summed E-state index contributed by atoms with van der Waals surface area (Å²) >= 11 is 0. The number of aliphatic imine (C=N–C) groups is 1. The van der Waals surface area contributed by atoms with Gasteiger partial charge in [0.25, 0.3) is 0 Å². The van der Waals surface area contributed by atoms with Gasteiger partial charge in [-0.15, -0.1) is 0 Å². The van der Waals surface area contributed by atoms with Gasteiger partial charge in [0.05, 0.1) is 11.6 Å². The van der Waals surface area contributed by atoms with Gasteiger partial charge in [-0.2, -0.15) is 13.2 Å². The summed E-state index contributed by atoms with van der Waals surface area (Å²) in [5.41, 5.74) is 4.96. The summed E-state index contributed by atoms with van der Waals surface area (Å²) in [6.07, 6.45) is -3.60. The molecule has 1 aromatic carbocycles. The number of hydrogen-bond acceptors (Lipinski definition) is 3. The molecule has 1 atom stereocenters. The molecular formula is C13H15F3N2O. The zero-order chi connectivity index (χ0) is 13.9. The highest BCUT2D eigenvalue weighted by Gasteiger charge is 2.33. The smallest absolute Gasteiger partial charge is 0.416 e. The first-order chi connectivity index (χ1) is 9.00. The van der Waals surface area contributed by atoms with Crippen molar-refractivity contribution in [1.29, 1.82) is 0 Å². The highest BCUT2D eigenvalue weighted by Crippen LogP contribution is 2.32. The molecule has 0 radical (unpaired) electrons. The van der Waals surface area contributed by atoms with Crippen LogP contribution in [0.5, 0.6) is 0 Å². The van der Waals surface area contributed by atoms with Gasteiger partial charge in [-0.05, 0) is 24.6 Å². The molecule has 1 unspecified atom stereocenters. The number of halogens is 3. The molecule has 19 heavy (non-hydrogen) atoms. The first kappa shape index (κ1) is 13.9. The maximum absolute atomic E-state index is 12.8. The average molecular weight is 272 g/mol. The number of benzene rings is 1. The van der Waals surface area contributed by atoms with Crippen LogP contribution in [0.15, 0.2) is 29.3 Å². The van der Waals surface area contributed by atoms with Crippen molar-refractivity contribution >= 4 is 5.90 Å². The largest absolute Gasteiger partial charge is 0.478 e. The van der Waals surface area contributed by atoms with Crippen molar-refractivity contribution in [3.63, 3.8) is 0 Å². The summed E-state index contributed by atoms with van der Waals surface area (Å²) < 4.78 is 43.8. The van der Waals surface area contributed by atoms with Gasteiger partial charge in [0, 0.05) is 6.42 Å². The summed E-state index contributed by atoms with van der Waals surface area (Å²) in [6, 6.07) is 5.45. The van der Waals surface area contributed by atoms with Crippen LogP contribution in [0.4, 0.5) is 13.2 Å². The molecular weight excluding hydrogens is 257 g/mol. The molecule has 0 saturated carbocycles. The molecule has 3 nitrogen and oxygen atoms in total. The topological polar surface area (TPSA) is 47.6 Å². The van der Waals surface area contributed by atoms with Crippen molar-refractivity contribution in [1.82, 2.24) is 0 Å². The van der Waals surface area contributed by atoms with Crippen LogP contribution in [0.1, 0.15) is 17.5 Å². The van der Waals surface area contributed by atoms with Crippen LogP contribution in [0.2, 0.25) is 0 Å². The molecule has 1 aliphatic rings. The van der Waals surface area contributed by atoms with E-state index in [-0.39, 0.29) is 18.0 Å². The monoisotopic (exact) mass is 272 g/mol. The minimum Gasteiger partial charge on any atom is -0.478 e. The van der Waals surface area contributed by atoms with E-state index in [4.69, 9.17) is 10.5 Å². The lowest BCUT2D eigenvalue weighted by molar-refractivity contribution is -0.138. The third kappa shape index (κ3) is 3.47. The van der Waals surface area contributed by atoms with Crippen LogP contribution in [0.25, 0.3) is 0 Å². The normalized spacial score (nSPS) is 19.2. The molecule has 6 heteroatoms. The van der Waals surface area contributed by atoms with Crippen LogP contribution in [0.3, 0.4) is 0 Å². The minimum absolute atomic E-state index is 0.0296. The maximum atomic E-state index is 12.8. The predicted molar refractivity (Wildman–Crippen MR) is 66.0 cm³/mol. The van der Waals surface area contributed by atoms with Gasteiger partial charge in [0.1, 0.15) is 6.61 Å². The van der Waals surface area contributed by atoms with Crippen LogP contribution >= 0.6 is 0 Å². The second-order valence-electron chi connectivity index (χ2n) is 4.40. The van der Waals surface area contributed by atoms with E-state index in [1.54, 1.807) is 6.07 Å². The van der Waals surface area contributed by atoms with Crippen molar-refractivity contribution in [2.45, 2.75) is 25.1 Å². The summed E-state index contributed by atoms with van der Waals surface area (Å²) in [5, 5.41) is 0. The molecule has 0 amide bonds. The van der Waals surface area contributed by atoms with E-state index in [9.17, 15) is 13.2 Å². The number of nitrogens with two attached hydrogens (primary N) is 1. The zero-order valence-electron chi connectivity index (χ0n) is 10.3. The van der Waals surface area contributed by atoms with Gasteiger partial charge < -0.3 is 10.5 Å². The first-order valence-corrected chi connectivity index (χ1v) is 6.05. The fourth-order valence-electron chi connectivity index (χ4n) is 2.02. The molecule has 1 heterocycles. The fraction of sp³-hybridized carbons (Fsp3) is 0.462. The van der Waals surface area contributed by atoms with Gasteiger partial charge in [-0.25, -0.2) is 4.99 Å².